The Hall–Kier alpha value is -2.38. The number of fused-ring (bicyclic) bond motifs is 1. The molecular formula is C21H26N4O2S. The third-order valence-electron chi connectivity index (χ3n) is 5.29. The Kier molecular flexibility index (Phi) is 5.37. The molecule has 0 aliphatic carbocycles. The van der Waals surface area contributed by atoms with E-state index in [9.17, 15) is 8.42 Å². The minimum atomic E-state index is -3.20. The minimum Gasteiger partial charge on any atom is -0.369 e. The summed E-state index contributed by atoms with van der Waals surface area (Å²) in [5.74, 6) is 1.11. The van der Waals surface area contributed by atoms with Crippen LogP contribution < -0.4 is 4.90 Å². The molecule has 6 nitrogen and oxygen atoms in total. The summed E-state index contributed by atoms with van der Waals surface area (Å²) in [6, 6.07) is 16.2. The van der Waals surface area contributed by atoms with Crippen molar-refractivity contribution in [1.82, 2.24) is 14.3 Å². The number of hydrogen-bond acceptors (Lipinski definition) is 4. The van der Waals surface area contributed by atoms with Gasteiger partial charge in [-0.25, -0.2) is 13.4 Å². The number of piperazine rings is 1. The molecule has 4 rings (SSSR count). The summed E-state index contributed by atoms with van der Waals surface area (Å²) in [7, 11) is -3.20. The molecule has 0 atom stereocenters. The van der Waals surface area contributed by atoms with Gasteiger partial charge in [0, 0.05) is 31.9 Å². The maximum atomic E-state index is 12.7. The molecule has 2 aromatic carbocycles. The van der Waals surface area contributed by atoms with E-state index in [1.807, 2.05) is 43.3 Å². The maximum absolute atomic E-state index is 12.7. The highest BCUT2D eigenvalue weighted by Crippen LogP contribution is 2.22. The highest BCUT2D eigenvalue weighted by atomic mass is 32.2. The van der Waals surface area contributed by atoms with Crippen molar-refractivity contribution in [2.75, 3.05) is 36.8 Å². The average molecular weight is 399 g/mol. The zero-order valence-electron chi connectivity index (χ0n) is 16.1. The van der Waals surface area contributed by atoms with Crippen LogP contribution in [0, 0.1) is 6.92 Å². The number of H-pyrrole nitrogens is 1. The molecule has 0 amide bonds. The number of imidazole rings is 1. The molecule has 1 aliphatic rings. The van der Waals surface area contributed by atoms with E-state index in [0.717, 1.165) is 29.0 Å². The molecule has 0 bridgehead atoms. The van der Waals surface area contributed by atoms with Crippen LogP contribution in [0.2, 0.25) is 0 Å². The number of aromatic nitrogens is 2. The van der Waals surface area contributed by atoms with E-state index in [1.165, 1.54) is 5.56 Å². The molecule has 2 heterocycles. The van der Waals surface area contributed by atoms with Crippen LogP contribution >= 0.6 is 0 Å². The molecule has 1 saturated heterocycles. The summed E-state index contributed by atoms with van der Waals surface area (Å²) in [4.78, 5) is 9.94. The van der Waals surface area contributed by atoms with E-state index in [-0.39, 0.29) is 5.75 Å². The lowest BCUT2D eigenvalue weighted by atomic mass is 10.1. The lowest BCUT2D eigenvalue weighted by molar-refractivity contribution is 0.384. The lowest BCUT2D eigenvalue weighted by Crippen LogP contribution is -2.49. The SMILES string of the molecule is Cc1nc2ccc(N3CCN(S(=O)(=O)CCCc4ccccc4)CC3)cc2[nH]1. The zero-order valence-corrected chi connectivity index (χ0v) is 17.0. The Morgan fingerprint density at radius 3 is 2.54 bits per heavy atom. The summed E-state index contributed by atoms with van der Waals surface area (Å²) in [6.45, 7) is 4.43. The number of nitrogens with one attached hydrogen (secondary N) is 1. The molecule has 0 saturated carbocycles. The first-order valence-corrected chi connectivity index (χ1v) is 11.4. The number of aromatic amines is 1. The monoisotopic (exact) mass is 398 g/mol. The van der Waals surface area contributed by atoms with Crippen molar-refractivity contribution in [3.63, 3.8) is 0 Å². The molecule has 7 heteroatoms. The van der Waals surface area contributed by atoms with Crippen molar-refractivity contribution in [2.45, 2.75) is 19.8 Å². The van der Waals surface area contributed by atoms with Crippen LogP contribution in [0.3, 0.4) is 0 Å². The van der Waals surface area contributed by atoms with Gasteiger partial charge in [-0.05, 0) is 43.5 Å². The molecule has 148 valence electrons. The maximum Gasteiger partial charge on any atom is 0.214 e. The molecule has 1 aliphatic heterocycles. The van der Waals surface area contributed by atoms with Gasteiger partial charge in [0.15, 0.2) is 0 Å². The van der Waals surface area contributed by atoms with Crippen LogP contribution in [0.5, 0.6) is 0 Å². The first kappa shape index (κ1) is 19.0. The fraction of sp³-hybridized carbons (Fsp3) is 0.381. The van der Waals surface area contributed by atoms with Crippen LogP contribution in [0.1, 0.15) is 17.8 Å². The van der Waals surface area contributed by atoms with Gasteiger partial charge in [0.2, 0.25) is 10.0 Å². The smallest absolute Gasteiger partial charge is 0.214 e. The van der Waals surface area contributed by atoms with Crippen LogP contribution in [-0.2, 0) is 16.4 Å². The molecule has 1 aromatic heterocycles. The zero-order chi connectivity index (χ0) is 19.6. The van der Waals surface area contributed by atoms with Gasteiger partial charge in [-0.1, -0.05) is 30.3 Å². The topological polar surface area (TPSA) is 69.3 Å². The van der Waals surface area contributed by atoms with Gasteiger partial charge in [-0.2, -0.15) is 4.31 Å². The fourth-order valence-electron chi connectivity index (χ4n) is 3.78. The predicted molar refractivity (Wildman–Crippen MR) is 113 cm³/mol. The summed E-state index contributed by atoms with van der Waals surface area (Å²) < 4.78 is 27.0. The largest absolute Gasteiger partial charge is 0.369 e. The number of hydrogen-bond donors (Lipinski definition) is 1. The number of aryl methyl sites for hydroxylation is 2. The minimum absolute atomic E-state index is 0.210. The molecule has 1 fully saturated rings. The Bertz CT molecular complexity index is 1040. The summed E-state index contributed by atoms with van der Waals surface area (Å²) in [5.41, 5.74) is 4.27. The van der Waals surface area contributed by atoms with Crippen molar-refractivity contribution in [3.8, 4) is 0 Å². The van der Waals surface area contributed by atoms with Gasteiger partial charge in [0.25, 0.3) is 0 Å². The molecule has 0 spiro atoms. The van der Waals surface area contributed by atoms with Gasteiger partial charge in [0.05, 0.1) is 16.8 Å². The molecule has 0 radical (unpaired) electrons. The van der Waals surface area contributed by atoms with Gasteiger partial charge in [0.1, 0.15) is 5.82 Å². The summed E-state index contributed by atoms with van der Waals surface area (Å²) in [6.07, 6.45) is 1.45. The van der Waals surface area contributed by atoms with Gasteiger partial charge < -0.3 is 9.88 Å². The molecule has 28 heavy (non-hydrogen) atoms. The quantitative estimate of drug-likeness (QED) is 0.693. The van der Waals surface area contributed by atoms with E-state index in [4.69, 9.17) is 0 Å². The predicted octanol–water partition coefficient (Wildman–Crippen LogP) is 2.96. The number of rotatable bonds is 6. The van der Waals surface area contributed by atoms with Crippen molar-refractivity contribution < 1.29 is 8.42 Å². The van der Waals surface area contributed by atoms with Gasteiger partial charge in [-0.3, -0.25) is 0 Å². The number of anilines is 1. The first-order chi connectivity index (χ1) is 13.5. The van der Waals surface area contributed by atoms with Crippen LogP contribution in [0.4, 0.5) is 5.69 Å². The van der Waals surface area contributed by atoms with Crippen LogP contribution in [0.15, 0.2) is 48.5 Å². The summed E-state index contributed by atoms with van der Waals surface area (Å²) in [5, 5.41) is 0. The number of nitrogens with zero attached hydrogens (tertiary/aromatic N) is 3. The third kappa shape index (κ3) is 4.20. The normalized spacial score (nSPS) is 16.0. The molecular weight excluding hydrogens is 372 g/mol. The van der Waals surface area contributed by atoms with Crippen LogP contribution in [-0.4, -0.2) is 54.6 Å². The van der Waals surface area contributed by atoms with Crippen molar-refractivity contribution in [3.05, 3.63) is 59.9 Å². The highest BCUT2D eigenvalue weighted by molar-refractivity contribution is 7.89. The second kappa shape index (κ2) is 7.93. The Morgan fingerprint density at radius 1 is 1.04 bits per heavy atom. The van der Waals surface area contributed by atoms with Crippen molar-refractivity contribution >= 4 is 26.7 Å². The average Bonchev–Trinajstić information content (AvgIpc) is 3.08. The van der Waals surface area contributed by atoms with E-state index in [1.54, 1.807) is 4.31 Å². The van der Waals surface area contributed by atoms with Gasteiger partial charge in [-0.15, -0.1) is 0 Å². The summed E-state index contributed by atoms with van der Waals surface area (Å²) >= 11 is 0. The van der Waals surface area contributed by atoms with E-state index < -0.39 is 10.0 Å². The number of sulfonamides is 1. The Labute approximate surface area is 166 Å². The Balaban J connectivity index is 1.33. The first-order valence-electron chi connectivity index (χ1n) is 9.74. The fourth-order valence-corrected chi connectivity index (χ4v) is 5.27. The molecule has 3 aromatic rings. The molecule has 1 N–H and O–H groups in total. The standard InChI is InChI=1S/C21H26N4O2S/c1-17-22-20-10-9-19(16-21(20)23-17)24-11-13-25(14-12-24)28(26,27)15-5-8-18-6-3-2-4-7-18/h2-4,6-7,9-10,16H,5,8,11-15H2,1H3,(H,22,23). The molecule has 0 unspecified atom stereocenters. The second-order valence-electron chi connectivity index (χ2n) is 7.31. The van der Waals surface area contributed by atoms with Crippen LogP contribution in [0.25, 0.3) is 11.0 Å². The highest BCUT2D eigenvalue weighted by Gasteiger charge is 2.26. The Morgan fingerprint density at radius 2 is 1.79 bits per heavy atom. The second-order valence-corrected chi connectivity index (χ2v) is 9.40. The van der Waals surface area contributed by atoms with E-state index in [2.05, 4.69) is 27.0 Å². The van der Waals surface area contributed by atoms with E-state index >= 15 is 0 Å². The van der Waals surface area contributed by atoms with Gasteiger partial charge >= 0.3 is 0 Å². The van der Waals surface area contributed by atoms with E-state index in [0.29, 0.717) is 32.6 Å². The third-order valence-corrected chi connectivity index (χ3v) is 7.25. The van der Waals surface area contributed by atoms with Crippen molar-refractivity contribution in [2.24, 2.45) is 0 Å². The lowest BCUT2D eigenvalue weighted by Gasteiger charge is -2.35. The number of benzene rings is 2. The van der Waals surface area contributed by atoms with Crippen molar-refractivity contribution in [1.29, 1.82) is 0 Å².